The van der Waals surface area contributed by atoms with Crippen LogP contribution in [0, 0.1) is 21.7 Å². The molecule has 2 atom stereocenters. The molecule has 2 unspecified atom stereocenters. The monoisotopic (exact) mass is 299 g/mol. The summed E-state index contributed by atoms with van der Waals surface area (Å²) in [6.07, 6.45) is 0. The molecule has 0 aliphatic carbocycles. The molecular weight excluding hydrogens is 284 g/mol. The quantitative estimate of drug-likeness (QED) is 0.666. The smallest absolute Gasteiger partial charge is 0.285 e. The Morgan fingerprint density at radius 2 is 1.81 bits per heavy atom. The number of nitrogens with one attached hydrogen (secondary N) is 1. The average molecular weight is 299 g/mol. The van der Waals surface area contributed by atoms with Gasteiger partial charge in [-0.15, -0.1) is 0 Å². The zero-order chi connectivity index (χ0) is 15.7. The van der Waals surface area contributed by atoms with Gasteiger partial charge >= 0.3 is 0 Å². The van der Waals surface area contributed by atoms with Crippen LogP contribution in [0.1, 0.15) is 24.2 Å². The second kappa shape index (κ2) is 5.72. The van der Waals surface area contributed by atoms with Gasteiger partial charge in [-0.3, -0.25) is 14.9 Å². The van der Waals surface area contributed by atoms with E-state index >= 15 is 0 Å². The fourth-order valence-electron chi connectivity index (χ4n) is 2.53. The van der Waals surface area contributed by atoms with Crippen molar-refractivity contribution >= 4 is 11.6 Å². The highest BCUT2D eigenvalue weighted by Gasteiger charge is 2.34. The van der Waals surface area contributed by atoms with Crippen LogP contribution in [0.4, 0.5) is 14.5 Å². The minimum absolute atomic E-state index is 0.200. The van der Waals surface area contributed by atoms with Crippen LogP contribution >= 0.6 is 0 Å². The number of benzene rings is 1. The predicted molar refractivity (Wildman–Crippen MR) is 71.0 cm³/mol. The van der Waals surface area contributed by atoms with E-state index in [9.17, 15) is 23.7 Å². The Hall–Kier alpha value is -2.09. The first-order valence-electron chi connectivity index (χ1n) is 6.49. The lowest BCUT2D eigenvalue weighted by atomic mass is 10.1. The number of halogens is 2. The number of nitro benzene ring substituents is 1. The third-order valence-corrected chi connectivity index (χ3v) is 3.53. The summed E-state index contributed by atoms with van der Waals surface area (Å²) >= 11 is 0. The van der Waals surface area contributed by atoms with Gasteiger partial charge in [-0.1, -0.05) is 0 Å². The van der Waals surface area contributed by atoms with Gasteiger partial charge in [-0.2, -0.15) is 0 Å². The molecule has 1 amide bonds. The molecule has 1 N–H and O–H groups in total. The lowest BCUT2D eigenvalue weighted by Crippen LogP contribution is -2.57. The summed E-state index contributed by atoms with van der Waals surface area (Å²) < 4.78 is 26.5. The Morgan fingerprint density at radius 3 is 2.33 bits per heavy atom. The summed E-state index contributed by atoms with van der Waals surface area (Å²) in [6, 6.07) is 0.639. The first-order valence-corrected chi connectivity index (χ1v) is 6.49. The second-order valence-electron chi connectivity index (χ2n) is 5.11. The molecule has 114 valence electrons. The third-order valence-electron chi connectivity index (χ3n) is 3.53. The molecular formula is C13H15F2N3O3. The van der Waals surface area contributed by atoms with E-state index in [1.807, 2.05) is 0 Å². The van der Waals surface area contributed by atoms with Crippen LogP contribution in [0.5, 0.6) is 0 Å². The summed E-state index contributed by atoms with van der Waals surface area (Å²) in [4.78, 5) is 24.1. The van der Waals surface area contributed by atoms with E-state index in [1.54, 1.807) is 13.8 Å². The van der Waals surface area contributed by atoms with Crippen molar-refractivity contribution < 1.29 is 18.5 Å². The number of nitro groups is 1. The van der Waals surface area contributed by atoms with Gasteiger partial charge in [0.05, 0.1) is 11.0 Å². The maximum absolute atomic E-state index is 13.4. The van der Waals surface area contributed by atoms with E-state index in [-0.39, 0.29) is 12.1 Å². The predicted octanol–water partition coefficient (Wildman–Crippen LogP) is 1.70. The molecule has 21 heavy (non-hydrogen) atoms. The topological polar surface area (TPSA) is 75.5 Å². The Balaban J connectivity index is 2.47. The Morgan fingerprint density at radius 1 is 1.29 bits per heavy atom. The number of carbonyl (C=O) groups is 1. The molecule has 1 fully saturated rings. The van der Waals surface area contributed by atoms with Crippen molar-refractivity contribution in [1.82, 2.24) is 10.2 Å². The Kier molecular flexibility index (Phi) is 4.17. The minimum Gasteiger partial charge on any atom is -0.330 e. The van der Waals surface area contributed by atoms with Crippen molar-refractivity contribution in [3.63, 3.8) is 0 Å². The zero-order valence-corrected chi connectivity index (χ0v) is 11.6. The van der Waals surface area contributed by atoms with Crippen molar-refractivity contribution in [2.45, 2.75) is 25.9 Å². The number of nitrogens with zero attached hydrogens (tertiary/aromatic N) is 2. The minimum atomic E-state index is -1.35. The van der Waals surface area contributed by atoms with Crippen LogP contribution in [0.2, 0.25) is 0 Å². The van der Waals surface area contributed by atoms with Gasteiger partial charge in [0.1, 0.15) is 5.56 Å². The van der Waals surface area contributed by atoms with Crippen molar-refractivity contribution in [3.05, 3.63) is 39.4 Å². The summed E-state index contributed by atoms with van der Waals surface area (Å²) in [7, 11) is 0. The maximum atomic E-state index is 13.4. The number of hydrogen-bond acceptors (Lipinski definition) is 4. The normalized spacial score (nSPS) is 22.2. The van der Waals surface area contributed by atoms with Gasteiger partial charge in [0, 0.05) is 25.2 Å². The molecule has 1 aromatic carbocycles. The van der Waals surface area contributed by atoms with Gasteiger partial charge in [-0.25, -0.2) is 8.78 Å². The first kappa shape index (κ1) is 15.3. The molecule has 1 aliphatic rings. The van der Waals surface area contributed by atoms with Gasteiger partial charge in [0.2, 0.25) is 0 Å². The molecule has 8 heteroatoms. The van der Waals surface area contributed by atoms with Crippen LogP contribution in [0.3, 0.4) is 0 Å². The second-order valence-corrected chi connectivity index (χ2v) is 5.11. The molecule has 0 saturated carbocycles. The molecule has 1 aromatic rings. The van der Waals surface area contributed by atoms with Gasteiger partial charge in [0.25, 0.3) is 11.6 Å². The van der Waals surface area contributed by atoms with Crippen LogP contribution in [0.15, 0.2) is 12.1 Å². The Bertz CT molecular complexity index is 584. The average Bonchev–Trinajstić information content (AvgIpc) is 2.40. The lowest BCUT2D eigenvalue weighted by molar-refractivity contribution is -0.385. The Labute approximate surface area is 119 Å². The molecule has 0 aromatic heterocycles. The van der Waals surface area contributed by atoms with Crippen molar-refractivity contribution in [3.8, 4) is 0 Å². The number of piperazine rings is 1. The molecule has 0 bridgehead atoms. The standard InChI is InChI=1S/C13H15F2N3O3/c1-7-5-16-6-8(2)17(7)13(19)9-3-10(14)11(15)4-12(9)18(20)21/h3-4,7-8,16H,5-6H2,1-2H3. The summed E-state index contributed by atoms with van der Waals surface area (Å²) in [6.45, 7) is 4.64. The maximum Gasteiger partial charge on any atom is 0.285 e. The molecule has 1 aliphatic heterocycles. The highest BCUT2D eigenvalue weighted by Crippen LogP contribution is 2.25. The fraction of sp³-hybridized carbons (Fsp3) is 0.462. The van der Waals surface area contributed by atoms with Gasteiger partial charge in [-0.05, 0) is 19.9 Å². The van der Waals surface area contributed by atoms with Gasteiger partial charge in [0.15, 0.2) is 11.6 Å². The third kappa shape index (κ3) is 2.85. The van der Waals surface area contributed by atoms with Crippen LogP contribution in [-0.4, -0.2) is 40.9 Å². The number of carbonyl (C=O) groups excluding carboxylic acids is 1. The first-order chi connectivity index (χ1) is 9.82. The molecule has 6 nitrogen and oxygen atoms in total. The molecule has 0 spiro atoms. The highest BCUT2D eigenvalue weighted by atomic mass is 19.2. The number of rotatable bonds is 2. The molecule has 1 heterocycles. The van der Waals surface area contributed by atoms with Crippen LogP contribution in [0.25, 0.3) is 0 Å². The van der Waals surface area contributed by atoms with E-state index in [4.69, 9.17) is 0 Å². The molecule has 0 radical (unpaired) electrons. The lowest BCUT2D eigenvalue weighted by Gasteiger charge is -2.39. The van der Waals surface area contributed by atoms with Crippen molar-refractivity contribution in [2.24, 2.45) is 0 Å². The number of hydrogen-bond donors (Lipinski definition) is 1. The van der Waals surface area contributed by atoms with Crippen molar-refractivity contribution in [2.75, 3.05) is 13.1 Å². The van der Waals surface area contributed by atoms with E-state index in [2.05, 4.69) is 5.32 Å². The van der Waals surface area contributed by atoms with Gasteiger partial charge < -0.3 is 10.2 Å². The van der Waals surface area contributed by atoms with Crippen LogP contribution in [-0.2, 0) is 0 Å². The summed E-state index contributed by atoms with van der Waals surface area (Å²) in [5, 5.41) is 14.1. The SMILES string of the molecule is CC1CNCC(C)N1C(=O)c1cc(F)c(F)cc1[N+](=O)[O-]. The van der Waals surface area contributed by atoms with E-state index < -0.39 is 33.7 Å². The zero-order valence-electron chi connectivity index (χ0n) is 11.6. The van der Waals surface area contributed by atoms with E-state index in [1.165, 1.54) is 4.90 Å². The summed E-state index contributed by atoms with van der Waals surface area (Å²) in [5.41, 5.74) is -1.16. The van der Waals surface area contributed by atoms with E-state index in [0.29, 0.717) is 25.2 Å². The van der Waals surface area contributed by atoms with Crippen molar-refractivity contribution in [1.29, 1.82) is 0 Å². The van der Waals surface area contributed by atoms with Crippen LogP contribution < -0.4 is 5.32 Å². The summed E-state index contributed by atoms with van der Waals surface area (Å²) in [5.74, 6) is -3.29. The molecule has 2 rings (SSSR count). The number of amides is 1. The highest BCUT2D eigenvalue weighted by molar-refractivity contribution is 5.98. The fourth-order valence-corrected chi connectivity index (χ4v) is 2.53. The molecule has 1 saturated heterocycles. The largest absolute Gasteiger partial charge is 0.330 e. The van der Waals surface area contributed by atoms with E-state index in [0.717, 1.165) is 0 Å².